The number of carbonyl (C=O) groups excluding carboxylic acids is 2. The van der Waals surface area contributed by atoms with E-state index in [0.29, 0.717) is 17.4 Å². The lowest BCUT2D eigenvalue weighted by molar-refractivity contribution is -0.152. The lowest BCUT2D eigenvalue weighted by Crippen LogP contribution is -2.67. The fraction of sp³-hybridized carbons (Fsp3) is 0.786. The van der Waals surface area contributed by atoms with Crippen molar-refractivity contribution >= 4 is 45.3 Å². The van der Waals surface area contributed by atoms with Crippen LogP contribution in [0.25, 0.3) is 0 Å². The summed E-state index contributed by atoms with van der Waals surface area (Å²) in [4.78, 5) is 28.7. The fourth-order valence-corrected chi connectivity index (χ4v) is 5.32. The molecule has 0 aliphatic carbocycles. The van der Waals surface area contributed by atoms with Crippen molar-refractivity contribution in [3.05, 3.63) is 0 Å². The number of thiocarbonyl (C=S) groups is 1. The van der Waals surface area contributed by atoms with Crippen LogP contribution in [0.2, 0.25) is 39.3 Å². The van der Waals surface area contributed by atoms with Gasteiger partial charge in [0.1, 0.15) is 5.41 Å². The van der Waals surface area contributed by atoms with Crippen molar-refractivity contribution in [2.45, 2.75) is 53.1 Å². The smallest absolute Gasteiger partial charge is 0.243 e. The largest absolute Gasteiger partial charge is 0.291 e. The summed E-state index contributed by atoms with van der Waals surface area (Å²) < 4.78 is 0. The summed E-state index contributed by atoms with van der Waals surface area (Å²) in [5.74, 6) is -0.293. The minimum atomic E-state index is -1.51. The topological polar surface area (TPSA) is 40.6 Å². The number of amides is 2. The molecule has 0 bridgehead atoms. The zero-order valence-corrected chi connectivity index (χ0v) is 17.3. The molecule has 0 spiro atoms. The van der Waals surface area contributed by atoms with Gasteiger partial charge >= 0.3 is 0 Å². The average molecular weight is 345 g/mol. The Bertz CT molecular complexity index is 438. The van der Waals surface area contributed by atoms with Gasteiger partial charge in [-0.3, -0.25) is 19.4 Å². The van der Waals surface area contributed by atoms with E-state index in [1.165, 1.54) is 0 Å². The molecule has 1 aliphatic heterocycles. The highest BCUT2D eigenvalue weighted by molar-refractivity contribution is 7.80. The second kappa shape index (κ2) is 5.59. The van der Waals surface area contributed by atoms with Crippen molar-refractivity contribution in [1.82, 2.24) is 9.80 Å². The van der Waals surface area contributed by atoms with Crippen LogP contribution >= 0.6 is 12.2 Å². The molecule has 0 saturated carbocycles. The molecule has 2 amide bonds. The molecule has 0 aromatic heterocycles. The molecule has 1 fully saturated rings. The maximum Gasteiger partial charge on any atom is 0.243 e. The van der Waals surface area contributed by atoms with Crippen molar-refractivity contribution in [2.75, 3.05) is 12.3 Å². The van der Waals surface area contributed by atoms with E-state index >= 15 is 0 Å². The molecule has 0 aromatic rings. The molecule has 0 N–H and O–H groups in total. The van der Waals surface area contributed by atoms with Gasteiger partial charge in [0.15, 0.2) is 5.11 Å². The molecule has 1 saturated heterocycles. The van der Waals surface area contributed by atoms with Gasteiger partial charge in [-0.15, -0.1) is 0 Å². The molecule has 1 heterocycles. The first-order valence-corrected chi connectivity index (χ1v) is 15.2. The first-order chi connectivity index (χ1) is 9.17. The summed E-state index contributed by atoms with van der Waals surface area (Å²) in [6, 6.07) is 0. The second-order valence-corrected chi connectivity index (χ2v) is 20.1. The van der Waals surface area contributed by atoms with E-state index in [4.69, 9.17) is 12.2 Å². The summed E-state index contributed by atoms with van der Waals surface area (Å²) in [6.07, 6.45) is 1.34. The van der Waals surface area contributed by atoms with E-state index < -0.39 is 21.6 Å². The van der Waals surface area contributed by atoms with Crippen LogP contribution in [0.1, 0.15) is 13.8 Å². The van der Waals surface area contributed by atoms with Gasteiger partial charge in [0.2, 0.25) is 11.8 Å². The number of hydrogen-bond acceptors (Lipinski definition) is 3. The third-order valence-corrected chi connectivity index (χ3v) is 6.26. The Hall–Kier alpha value is -0.536. The molecule has 0 aromatic carbocycles. The second-order valence-electron chi connectivity index (χ2n) is 8.81. The summed E-state index contributed by atoms with van der Waals surface area (Å²) in [6.45, 7) is 16.7. The standard InChI is InChI=1S/C14H28N2O2SSi2/c1-14(2)11(17)15(9-20(3,4)5)13(19)16(12(14)18)10-21(6,7)8/h9-10H2,1-8H3. The van der Waals surface area contributed by atoms with Gasteiger partial charge in [-0.1, -0.05) is 39.3 Å². The lowest BCUT2D eigenvalue weighted by Gasteiger charge is -2.46. The Morgan fingerprint density at radius 3 is 1.38 bits per heavy atom. The number of carbonyl (C=O) groups is 2. The fourth-order valence-electron chi connectivity index (χ4n) is 2.31. The number of hydrogen-bond donors (Lipinski definition) is 0. The molecule has 1 aliphatic rings. The third-order valence-electron chi connectivity index (χ3n) is 3.29. The lowest BCUT2D eigenvalue weighted by atomic mass is 9.88. The van der Waals surface area contributed by atoms with Crippen molar-refractivity contribution in [2.24, 2.45) is 5.41 Å². The minimum absolute atomic E-state index is 0.147. The van der Waals surface area contributed by atoms with E-state index in [0.717, 1.165) is 0 Å². The maximum absolute atomic E-state index is 12.7. The van der Waals surface area contributed by atoms with Gasteiger partial charge in [0, 0.05) is 12.3 Å². The van der Waals surface area contributed by atoms with E-state index in [1.54, 1.807) is 23.6 Å². The molecule has 4 nitrogen and oxygen atoms in total. The minimum Gasteiger partial charge on any atom is -0.291 e. The molecule has 120 valence electrons. The van der Waals surface area contributed by atoms with Crippen molar-refractivity contribution in [1.29, 1.82) is 0 Å². The van der Waals surface area contributed by atoms with Gasteiger partial charge in [0.25, 0.3) is 0 Å². The van der Waals surface area contributed by atoms with Gasteiger partial charge in [-0.25, -0.2) is 0 Å². The Morgan fingerprint density at radius 2 is 1.14 bits per heavy atom. The highest BCUT2D eigenvalue weighted by Crippen LogP contribution is 2.30. The number of rotatable bonds is 4. The van der Waals surface area contributed by atoms with Crippen LogP contribution in [0, 0.1) is 5.41 Å². The first kappa shape index (κ1) is 18.5. The third kappa shape index (κ3) is 4.23. The Kier molecular flexibility index (Phi) is 4.92. The number of nitrogens with zero attached hydrogens (tertiary/aromatic N) is 2. The Balaban J connectivity index is 3.20. The average Bonchev–Trinajstić information content (AvgIpc) is 2.26. The molecule has 7 heteroatoms. The van der Waals surface area contributed by atoms with E-state index in [-0.39, 0.29) is 11.8 Å². The highest BCUT2D eigenvalue weighted by Gasteiger charge is 2.50. The molecular formula is C14H28N2O2SSi2. The van der Waals surface area contributed by atoms with Gasteiger partial charge < -0.3 is 0 Å². The highest BCUT2D eigenvalue weighted by atomic mass is 32.1. The van der Waals surface area contributed by atoms with Crippen molar-refractivity contribution < 1.29 is 9.59 Å². The van der Waals surface area contributed by atoms with Crippen LogP contribution in [-0.2, 0) is 9.59 Å². The predicted octanol–water partition coefficient (Wildman–Crippen LogP) is 2.72. The molecule has 0 unspecified atom stereocenters. The quantitative estimate of drug-likeness (QED) is 0.447. The van der Waals surface area contributed by atoms with Crippen LogP contribution in [-0.4, -0.2) is 55.2 Å². The predicted molar refractivity (Wildman–Crippen MR) is 96.5 cm³/mol. The van der Waals surface area contributed by atoms with E-state index in [9.17, 15) is 9.59 Å². The maximum atomic E-state index is 12.7. The monoisotopic (exact) mass is 344 g/mol. The molecular weight excluding hydrogens is 316 g/mol. The van der Waals surface area contributed by atoms with E-state index in [2.05, 4.69) is 39.3 Å². The van der Waals surface area contributed by atoms with Crippen LogP contribution in [0.3, 0.4) is 0 Å². The SMILES string of the molecule is CC1(C)C(=O)N(C[Si](C)(C)C)C(=S)N(C[Si](C)(C)C)C1=O. The zero-order valence-electron chi connectivity index (χ0n) is 14.5. The Labute approximate surface area is 135 Å². The van der Waals surface area contributed by atoms with Gasteiger partial charge in [-0.2, -0.15) is 0 Å². The molecule has 0 atom stereocenters. The first-order valence-electron chi connectivity index (χ1n) is 7.35. The molecule has 0 radical (unpaired) electrons. The van der Waals surface area contributed by atoms with Crippen molar-refractivity contribution in [3.8, 4) is 0 Å². The molecule has 1 rings (SSSR count). The summed E-state index contributed by atoms with van der Waals surface area (Å²) in [5, 5.41) is 0.411. The van der Waals surface area contributed by atoms with Gasteiger partial charge in [0.05, 0.1) is 16.1 Å². The summed E-state index contributed by atoms with van der Waals surface area (Å²) in [5.41, 5.74) is -1.01. The normalized spacial score (nSPS) is 20.3. The summed E-state index contributed by atoms with van der Waals surface area (Å²) >= 11 is 5.50. The van der Waals surface area contributed by atoms with Crippen LogP contribution in [0.5, 0.6) is 0 Å². The van der Waals surface area contributed by atoms with Gasteiger partial charge in [-0.05, 0) is 26.1 Å². The van der Waals surface area contributed by atoms with E-state index in [1.807, 2.05) is 0 Å². The van der Waals surface area contributed by atoms with Crippen LogP contribution in [0.15, 0.2) is 0 Å². The van der Waals surface area contributed by atoms with Crippen LogP contribution < -0.4 is 0 Å². The summed E-state index contributed by atoms with van der Waals surface area (Å²) in [7, 11) is -3.02. The molecule has 21 heavy (non-hydrogen) atoms. The zero-order chi connectivity index (χ0) is 16.8. The van der Waals surface area contributed by atoms with Crippen molar-refractivity contribution in [3.63, 3.8) is 0 Å². The van der Waals surface area contributed by atoms with Crippen LogP contribution in [0.4, 0.5) is 0 Å². The Morgan fingerprint density at radius 1 is 0.857 bits per heavy atom.